The van der Waals surface area contributed by atoms with Gasteiger partial charge < -0.3 is 15.7 Å². The van der Waals surface area contributed by atoms with Gasteiger partial charge in [0.15, 0.2) is 0 Å². The van der Waals surface area contributed by atoms with Crippen molar-refractivity contribution < 1.29 is 14.7 Å². The summed E-state index contributed by atoms with van der Waals surface area (Å²) in [4.78, 5) is 25.8. The summed E-state index contributed by atoms with van der Waals surface area (Å²) in [6.45, 7) is 0. The summed E-state index contributed by atoms with van der Waals surface area (Å²) < 4.78 is 0. The fourth-order valence-electron chi connectivity index (χ4n) is 4.17. The van der Waals surface area contributed by atoms with Crippen molar-refractivity contribution in [3.63, 3.8) is 0 Å². The number of nitrogens with zero attached hydrogens (tertiary/aromatic N) is 1. The van der Waals surface area contributed by atoms with Crippen LogP contribution in [0.4, 0.5) is 0 Å². The van der Waals surface area contributed by atoms with Crippen molar-refractivity contribution in [1.82, 2.24) is 4.90 Å². The quantitative estimate of drug-likeness (QED) is 0.780. The first kappa shape index (κ1) is 12.9. The Morgan fingerprint density at radius 3 is 2.32 bits per heavy atom. The summed E-state index contributed by atoms with van der Waals surface area (Å²) in [5.74, 6) is -0.803. The Morgan fingerprint density at radius 2 is 1.74 bits per heavy atom. The molecular weight excluding hydrogens is 244 g/mol. The molecule has 2 heterocycles. The fourth-order valence-corrected chi connectivity index (χ4v) is 4.17. The molecule has 1 aliphatic carbocycles. The second-order valence-corrected chi connectivity index (χ2v) is 6.34. The summed E-state index contributed by atoms with van der Waals surface area (Å²) in [7, 11) is 0. The molecule has 3 fully saturated rings. The Labute approximate surface area is 113 Å². The number of aliphatic carboxylic acids is 1. The standard InChI is InChI=1S/C14H22N2O3/c15-9-3-1-8(2-4-9)13(17)16-10-5-6-12(16)11(7-10)14(18)19/h8-12H,1-7,15H2,(H,18,19). The van der Waals surface area contributed by atoms with E-state index in [1.54, 1.807) is 0 Å². The highest BCUT2D eigenvalue weighted by atomic mass is 16.4. The van der Waals surface area contributed by atoms with E-state index in [1.807, 2.05) is 4.90 Å². The Balaban J connectivity index is 1.69. The van der Waals surface area contributed by atoms with Crippen LogP contribution in [0.2, 0.25) is 0 Å². The molecule has 19 heavy (non-hydrogen) atoms. The second-order valence-electron chi connectivity index (χ2n) is 6.34. The van der Waals surface area contributed by atoms with E-state index in [4.69, 9.17) is 5.73 Å². The first-order valence-electron chi connectivity index (χ1n) is 7.38. The summed E-state index contributed by atoms with van der Waals surface area (Å²) in [5, 5.41) is 9.23. The lowest BCUT2D eigenvalue weighted by atomic mass is 9.85. The maximum atomic E-state index is 12.6. The summed E-state index contributed by atoms with van der Waals surface area (Å²) in [5.41, 5.74) is 5.88. The van der Waals surface area contributed by atoms with Crippen LogP contribution in [0.1, 0.15) is 44.9 Å². The van der Waals surface area contributed by atoms with Gasteiger partial charge in [-0.1, -0.05) is 0 Å². The molecule has 3 rings (SSSR count). The van der Waals surface area contributed by atoms with E-state index in [0.29, 0.717) is 6.42 Å². The average Bonchev–Trinajstić information content (AvgIpc) is 2.96. The van der Waals surface area contributed by atoms with Crippen LogP contribution in [0.5, 0.6) is 0 Å². The molecular formula is C14H22N2O3. The number of nitrogens with two attached hydrogens (primary N) is 1. The van der Waals surface area contributed by atoms with Gasteiger partial charge in [-0.05, 0) is 44.9 Å². The molecule has 1 saturated carbocycles. The molecule has 2 bridgehead atoms. The number of hydrogen-bond donors (Lipinski definition) is 2. The summed E-state index contributed by atoms with van der Waals surface area (Å²) in [6, 6.07) is 0.367. The number of carbonyl (C=O) groups is 2. The molecule has 3 unspecified atom stereocenters. The van der Waals surface area contributed by atoms with E-state index in [-0.39, 0.29) is 35.9 Å². The molecule has 2 saturated heterocycles. The van der Waals surface area contributed by atoms with Gasteiger partial charge in [0.1, 0.15) is 0 Å². The molecule has 0 aromatic rings. The van der Waals surface area contributed by atoms with Crippen LogP contribution in [0, 0.1) is 11.8 Å². The van der Waals surface area contributed by atoms with Crippen molar-refractivity contribution >= 4 is 11.9 Å². The largest absolute Gasteiger partial charge is 0.481 e. The topological polar surface area (TPSA) is 83.6 Å². The molecule has 3 aliphatic rings. The first-order valence-corrected chi connectivity index (χ1v) is 7.38. The number of carbonyl (C=O) groups excluding carboxylic acids is 1. The molecule has 1 amide bonds. The predicted octanol–water partition coefficient (Wildman–Crippen LogP) is 0.968. The number of hydrogen-bond acceptors (Lipinski definition) is 3. The van der Waals surface area contributed by atoms with Crippen LogP contribution in [0.15, 0.2) is 0 Å². The van der Waals surface area contributed by atoms with Crippen molar-refractivity contribution in [3.8, 4) is 0 Å². The number of rotatable bonds is 2. The molecule has 3 atom stereocenters. The van der Waals surface area contributed by atoms with Gasteiger partial charge in [0.05, 0.1) is 5.92 Å². The van der Waals surface area contributed by atoms with Crippen molar-refractivity contribution in [2.45, 2.75) is 63.1 Å². The number of amides is 1. The Bertz CT molecular complexity index is 390. The van der Waals surface area contributed by atoms with Gasteiger partial charge in [0.2, 0.25) is 5.91 Å². The van der Waals surface area contributed by atoms with E-state index < -0.39 is 5.97 Å². The lowest BCUT2D eigenvalue weighted by molar-refractivity contribution is -0.144. The summed E-state index contributed by atoms with van der Waals surface area (Å²) in [6.07, 6.45) is 6.06. The Morgan fingerprint density at radius 1 is 1.05 bits per heavy atom. The predicted molar refractivity (Wildman–Crippen MR) is 69.3 cm³/mol. The molecule has 0 aromatic heterocycles. The monoisotopic (exact) mass is 266 g/mol. The highest BCUT2D eigenvalue weighted by Crippen LogP contribution is 2.43. The maximum absolute atomic E-state index is 12.6. The van der Waals surface area contributed by atoms with Crippen molar-refractivity contribution in [2.75, 3.05) is 0 Å². The summed E-state index contributed by atoms with van der Waals surface area (Å²) >= 11 is 0. The van der Waals surface area contributed by atoms with Crippen LogP contribution in [-0.4, -0.2) is 40.0 Å². The lowest BCUT2D eigenvalue weighted by Gasteiger charge is -2.31. The third kappa shape index (κ3) is 2.14. The van der Waals surface area contributed by atoms with Crippen molar-refractivity contribution in [2.24, 2.45) is 17.6 Å². The van der Waals surface area contributed by atoms with Gasteiger partial charge in [-0.15, -0.1) is 0 Å². The van der Waals surface area contributed by atoms with E-state index in [2.05, 4.69) is 0 Å². The molecule has 0 radical (unpaired) electrons. The zero-order chi connectivity index (χ0) is 13.6. The van der Waals surface area contributed by atoms with Gasteiger partial charge in [-0.3, -0.25) is 9.59 Å². The van der Waals surface area contributed by atoms with E-state index in [9.17, 15) is 14.7 Å². The van der Waals surface area contributed by atoms with Gasteiger partial charge in [-0.25, -0.2) is 0 Å². The number of carboxylic acid groups (broad SMARTS) is 1. The Kier molecular flexibility index (Phi) is 3.25. The molecule has 0 spiro atoms. The third-order valence-corrected chi connectivity index (χ3v) is 5.23. The second kappa shape index (κ2) is 4.78. The van der Waals surface area contributed by atoms with Gasteiger partial charge in [0, 0.05) is 24.0 Å². The van der Waals surface area contributed by atoms with E-state index in [0.717, 1.165) is 38.5 Å². The Hall–Kier alpha value is -1.10. The molecule has 5 heteroatoms. The van der Waals surface area contributed by atoms with Crippen molar-refractivity contribution in [1.29, 1.82) is 0 Å². The number of carboxylic acids is 1. The molecule has 5 nitrogen and oxygen atoms in total. The van der Waals surface area contributed by atoms with E-state index in [1.165, 1.54) is 0 Å². The average molecular weight is 266 g/mol. The third-order valence-electron chi connectivity index (χ3n) is 5.23. The lowest BCUT2D eigenvalue weighted by Crippen LogP contribution is -2.43. The van der Waals surface area contributed by atoms with Crippen LogP contribution >= 0.6 is 0 Å². The number of fused-ring (bicyclic) bond motifs is 2. The molecule has 0 aromatic carbocycles. The van der Waals surface area contributed by atoms with Crippen molar-refractivity contribution in [3.05, 3.63) is 0 Å². The van der Waals surface area contributed by atoms with E-state index >= 15 is 0 Å². The smallest absolute Gasteiger partial charge is 0.308 e. The minimum Gasteiger partial charge on any atom is -0.481 e. The molecule has 2 aliphatic heterocycles. The molecule has 106 valence electrons. The van der Waals surface area contributed by atoms with Gasteiger partial charge in [-0.2, -0.15) is 0 Å². The van der Waals surface area contributed by atoms with Crippen LogP contribution in [-0.2, 0) is 9.59 Å². The maximum Gasteiger partial charge on any atom is 0.308 e. The zero-order valence-corrected chi connectivity index (χ0v) is 11.1. The van der Waals surface area contributed by atoms with Crippen LogP contribution < -0.4 is 5.73 Å². The highest BCUT2D eigenvalue weighted by Gasteiger charge is 2.52. The normalized spacial score (nSPS) is 41.5. The SMILES string of the molecule is NC1CCC(C(=O)N2C3CCC2C(C(=O)O)C3)CC1. The molecule has 3 N–H and O–H groups in total. The fraction of sp³-hybridized carbons (Fsp3) is 0.857. The minimum atomic E-state index is -0.740. The zero-order valence-electron chi connectivity index (χ0n) is 11.1. The van der Waals surface area contributed by atoms with Gasteiger partial charge in [0.25, 0.3) is 0 Å². The minimum absolute atomic E-state index is 0.0504. The van der Waals surface area contributed by atoms with Gasteiger partial charge >= 0.3 is 5.97 Å². The highest BCUT2D eigenvalue weighted by molar-refractivity contribution is 5.82. The van der Waals surface area contributed by atoms with Crippen LogP contribution in [0.25, 0.3) is 0 Å². The first-order chi connectivity index (χ1) is 9.08. The van der Waals surface area contributed by atoms with Crippen LogP contribution in [0.3, 0.4) is 0 Å².